The van der Waals surface area contributed by atoms with Crippen LogP contribution in [0.2, 0.25) is 0 Å². The number of anilines is 3. The second-order valence-electron chi connectivity index (χ2n) is 8.47. The van der Waals surface area contributed by atoms with Crippen molar-refractivity contribution >= 4 is 29.2 Å². The van der Waals surface area contributed by atoms with Gasteiger partial charge in [0, 0.05) is 57.3 Å². The molecule has 10 heteroatoms. The summed E-state index contributed by atoms with van der Waals surface area (Å²) in [5, 5.41) is 16.5. The van der Waals surface area contributed by atoms with Gasteiger partial charge < -0.3 is 15.5 Å². The summed E-state index contributed by atoms with van der Waals surface area (Å²) in [4.78, 5) is 22.0. The van der Waals surface area contributed by atoms with Crippen molar-refractivity contribution in [3.8, 4) is 6.07 Å². The molecule has 3 aliphatic heterocycles. The number of pyridine rings is 1. The van der Waals surface area contributed by atoms with Crippen molar-refractivity contribution in [1.82, 2.24) is 25.2 Å². The lowest BCUT2D eigenvalue weighted by Gasteiger charge is -2.34. The van der Waals surface area contributed by atoms with Crippen molar-refractivity contribution in [3.63, 3.8) is 0 Å². The fourth-order valence-corrected chi connectivity index (χ4v) is 4.42. The lowest BCUT2D eigenvalue weighted by Crippen LogP contribution is -2.48. The van der Waals surface area contributed by atoms with Gasteiger partial charge >= 0.3 is 0 Å². The van der Waals surface area contributed by atoms with Crippen LogP contribution in [0.15, 0.2) is 41.7 Å². The van der Waals surface area contributed by atoms with Gasteiger partial charge in [-0.1, -0.05) is 0 Å². The highest BCUT2D eigenvalue weighted by Crippen LogP contribution is 2.30. The number of nitrogens with one attached hydrogen (secondary N) is 2. The van der Waals surface area contributed by atoms with E-state index in [4.69, 9.17) is 0 Å². The van der Waals surface area contributed by atoms with E-state index in [1.54, 1.807) is 24.7 Å². The van der Waals surface area contributed by atoms with Crippen LogP contribution in [0.4, 0.5) is 21.8 Å². The molecule has 0 spiro atoms. The van der Waals surface area contributed by atoms with Gasteiger partial charge in [0.05, 0.1) is 30.2 Å². The van der Waals surface area contributed by atoms with E-state index in [0.717, 1.165) is 43.3 Å². The standard InChI is InChI=1S/C23H26FN9/c24-18-4-8-33(14-18)23(15-25)11-17(12-27-16-23)20-3-5-28-22(31-20)30-19-1-2-21(29-13-19)32-9-6-26-7-10-32/h1-3,5,11-13,18,26H,4,6-10,14,16H2,(H,28,30,31)/t18-,23?/m0/s1. The molecule has 2 saturated heterocycles. The van der Waals surface area contributed by atoms with Crippen molar-refractivity contribution in [1.29, 1.82) is 5.26 Å². The summed E-state index contributed by atoms with van der Waals surface area (Å²) in [5.41, 5.74) is 1.21. The highest BCUT2D eigenvalue weighted by atomic mass is 19.1. The summed E-state index contributed by atoms with van der Waals surface area (Å²) < 4.78 is 13.8. The molecule has 33 heavy (non-hydrogen) atoms. The number of hydrogen-bond donors (Lipinski definition) is 2. The van der Waals surface area contributed by atoms with E-state index in [0.29, 0.717) is 31.2 Å². The SMILES string of the molecule is N#CC1(N2CC[C@H](F)C2)C=C(c2ccnc(Nc3ccc(N4CCNCC4)nc3)n2)C=NC1. The Kier molecular flexibility index (Phi) is 5.98. The number of aliphatic imine (C=N–C) groups is 1. The molecular formula is C23H26FN9. The molecule has 0 radical (unpaired) electrons. The molecule has 1 unspecified atom stereocenters. The number of aromatic nitrogens is 3. The number of alkyl halides is 1. The number of nitriles is 1. The lowest BCUT2D eigenvalue weighted by molar-refractivity contribution is 0.207. The Balaban J connectivity index is 1.33. The number of nitrogens with zero attached hydrogens (tertiary/aromatic N) is 7. The largest absolute Gasteiger partial charge is 0.354 e. The van der Waals surface area contributed by atoms with Crippen molar-refractivity contribution in [2.24, 2.45) is 4.99 Å². The van der Waals surface area contributed by atoms with Crippen LogP contribution in [-0.2, 0) is 0 Å². The maximum Gasteiger partial charge on any atom is 0.227 e. The van der Waals surface area contributed by atoms with E-state index in [1.807, 2.05) is 23.1 Å². The van der Waals surface area contributed by atoms with E-state index >= 15 is 0 Å². The number of likely N-dealkylation sites (tertiary alicyclic amines) is 1. The Bertz CT molecular complexity index is 1090. The van der Waals surface area contributed by atoms with Crippen LogP contribution in [-0.4, -0.2) is 83.6 Å². The monoisotopic (exact) mass is 447 g/mol. The highest BCUT2D eigenvalue weighted by molar-refractivity contribution is 6.10. The quantitative estimate of drug-likeness (QED) is 0.715. The second kappa shape index (κ2) is 9.21. The molecule has 170 valence electrons. The maximum atomic E-state index is 13.8. The van der Waals surface area contributed by atoms with Crippen molar-refractivity contribution < 1.29 is 4.39 Å². The van der Waals surface area contributed by atoms with Crippen LogP contribution < -0.4 is 15.5 Å². The fourth-order valence-electron chi connectivity index (χ4n) is 4.42. The third kappa shape index (κ3) is 4.55. The van der Waals surface area contributed by atoms with Crippen LogP contribution in [0.25, 0.3) is 5.57 Å². The fraction of sp³-hybridized carbons (Fsp3) is 0.435. The van der Waals surface area contributed by atoms with Crippen molar-refractivity contribution in [2.75, 3.05) is 56.0 Å². The van der Waals surface area contributed by atoms with Gasteiger partial charge in [0.2, 0.25) is 5.95 Å². The Hall–Kier alpha value is -3.42. The Morgan fingerprint density at radius 2 is 2.06 bits per heavy atom. The predicted molar refractivity (Wildman–Crippen MR) is 125 cm³/mol. The van der Waals surface area contributed by atoms with Gasteiger partial charge in [0.15, 0.2) is 0 Å². The van der Waals surface area contributed by atoms with E-state index in [-0.39, 0.29) is 6.54 Å². The summed E-state index contributed by atoms with van der Waals surface area (Å²) >= 11 is 0. The van der Waals surface area contributed by atoms with Gasteiger partial charge in [-0.2, -0.15) is 5.26 Å². The smallest absolute Gasteiger partial charge is 0.227 e. The first kappa shape index (κ1) is 21.4. The molecule has 2 aromatic rings. The van der Waals surface area contributed by atoms with Crippen molar-refractivity contribution in [3.05, 3.63) is 42.4 Å². The van der Waals surface area contributed by atoms with Gasteiger partial charge in [-0.15, -0.1) is 0 Å². The van der Waals surface area contributed by atoms with E-state index in [9.17, 15) is 9.65 Å². The number of allylic oxidation sites excluding steroid dienone is 1. The highest BCUT2D eigenvalue weighted by Gasteiger charge is 2.41. The maximum absolute atomic E-state index is 13.8. The minimum Gasteiger partial charge on any atom is -0.354 e. The first-order valence-corrected chi connectivity index (χ1v) is 11.2. The number of rotatable bonds is 5. The number of dihydropyridines is 1. The lowest BCUT2D eigenvalue weighted by atomic mass is 9.93. The normalized spacial score (nSPS) is 25.5. The molecule has 0 aliphatic carbocycles. The van der Waals surface area contributed by atoms with Gasteiger partial charge in [0.1, 0.15) is 17.5 Å². The van der Waals surface area contributed by atoms with Gasteiger partial charge in [0.25, 0.3) is 0 Å². The topological polar surface area (TPSA) is 105 Å². The molecule has 2 aromatic heterocycles. The molecule has 0 bridgehead atoms. The molecule has 0 saturated carbocycles. The first-order chi connectivity index (χ1) is 16.1. The molecule has 9 nitrogen and oxygen atoms in total. The molecule has 3 aliphatic rings. The van der Waals surface area contributed by atoms with Crippen LogP contribution in [0.1, 0.15) is 12.1 Å². The zero-order valence-corrected chi connectivity index (χ0v) is 18.3. The van der Waals surface area contributed by atoms with Crippen LogP contribution in [0.3, 0.4) is 0 Å². The predicted octanol–water partition coefficient (Wildman–Crippen LogP) is 1.80. The molecule has 0 aromatic carbocycles. The Labute approximate surface area is 192 Å². The number of hydrogen-bond acceptors (Lipinski definition) is 9. The molecular weight excluding hydrogens is 421 g/mol. The number of halogens is 1. The third-order valence-corrected chi connectivity index (χ3v) is 6.24. The summed E-state index contributed by atoms with van der Waals surface area (Å²) in [6.07, 6.45) is 6.55. The average molecular weight is 448 g/mol. The minimum absolute atomic E-state index is 0.250. The summed E-state index contributed by atoms with van der Waals surface area (Å²) in [6, 6.07) is 8.09. The molecule has 2 fully saturated rings. The minimum atomic E-state index is -0.951. The van der Waals surface area contributed by atoms with Crippen LogP contribution in [0, 0.1) is 11.3 Å². The van der Waals surface area contributed by atoms with Crippen LogP contribution >= 0.6 is 0 Å². The molecule has 2 N–H and O–H groups in total. The van der Waals surface area contributed by atoms with Crippen molar-refractivity contribution in [2.45, 2.75) is 18.1 Å². The third-order valence-electron chi connectivity index (χ3n) is 6.24. The molecule has 5 heterocycles. The summed E-state index contributed by atoms with van der Waals surface area (Å²) in [6.45, 7) is 4.88. The second-order valence-corrected chi connectivity index (χ2v) is 8.47. The van der Waals surface area contributed by atoms with Gasteiger partial charge in [-0.05, 0) is 30.7 Å². The van der Waals surface area contributed by atoms with Crippen LogP contribution in [0.5, 0.6) is 0 Å². The molecule has 0 amide bonds. The van der Waals surface area contributed by atoms with E-state index in [2.05, 4.69) is 41.5 Å². The van der Waals surface area contributed by atoms with E-state index < -0.39 is 11.7 Å². The Morgan fingerprint density at radius 1 is 1.18 bits per heavy atom. The summed E-state index contributed by atoms with van der Waals surface area (Å²) in [5.74, 6) is 1.38. The number of piperazine rings is 1. The molecule has 5 rings (SSSR count). The molecule has 2 atom stereocenters. The average Bonchev–Trinajstić information content (AvgIpc) is 3.32. The Morgan fingerprint density at radius 3 is 2.79 bits per heavy atom. The van der Waals surface area contributed by atoms with Gasteiger partial charge in [-0.3, -0.25) is 9.89 Å². The first-order valence-electron chi connectivity index (χ1n) is 11.2. The van der Waals surface area contributed by atoms with Gasteiger partial charge in [-0.25, -0.2) is 19.3 Å². The summed E-state index contributed by atoms with van der Waals surface area (Å²) in [7, 11) is 0. The zero-order valence-electron chi connectivity index (χ0n) is 18.3. The zero-order chi connectivity index (χ0) is 22.7. The van der Waals surface area contributed by atoms with E-state index in [1.165, 1.54) is 0 Å².